The SMILES string of the molecule is CN(C(=O)c1cccc(N)c1)C1CCSC1.Cl. The van der Waals surface area contributed by atoms with Crippen molar-refractivity contribution in [1.82, 2.24) is 4.90 Å². The van der Waals surface area contributed by atoms with Gasteiger partial charge >= 0.3 is 0 Å². The van der Waals surface area contributed by atoms with E-state index in [2.05, 4.69) is 0 Å². The third-order valence-corrected chi connectivity index (χ3v) is 4.05. The van der Waals surface area contributed by atoms with E-state index in [1.165, 1.54) is 0 Å². The molecule has 0 aliphatic carbocycles. The summed E-state index contributed by atoms with van der Waals surface area (Å²) in [5.74, 6) is 2.27. The van der Waals surface area contributed by atoms with Crippen LogP contribution >= 0.6 is 24.2 Å². The standard InChI is InChI=1S/C12H16N2OS.ClH/c1-14(11-5-6-16-8-11)12(15)9-3-2-4-10(13)7-9;/h2-4,7,11H,5-6,8,13H2,1H3;1H. The highest BCUT2D eigenvalue weighted by atomic mass is 35.5. The first-order valence-electron chi connectivity index (χ1n) is 5.39. The maximum Gasteiger partial charge on any atom is 0.253 e. The minimum atomic E-state index is 0. The minimum absolute atomic E-state index is 0. The second kappa shape index (κ2) is 6.17. The van der Waals surface area contributed by atoms with Gasteiger partial charge in [0.15, 0.2) is 0 Å². The molecule has 1 amide bonds. The van der Waals surface area contributed by atoms with Gasteiger partial charge in [0, 0.05) is 30.1 Å². The first kappa shape index (κ1) is 14.2. The lowest BCUT2D eigenvalue weighted by Gasteiger charge is -2.23. The Hall–Kier alpha value is -0.870. The van der Waals surface area contributed by atoms with E-state index in [1.807, 2.05) is 35.8 Å². The predicted molar refractivity (Wildman–Crippen MR) is 75.9 cm³/mol. The van der Waals surface area contributed by atoms with Crippen molar-refractivity contribution >= 4 is 35.8 Å². The van der Waals surface area contributed by atoms with Crippen LogP contribution in [-0.4, -0.2) is 35.4 Å². The predicted octanol–water partition coefficient (Wildman–Crippen LogP) is 2.27. The molecule has 2 rings (SSSR count). The summed E-state index contributed by atoms with van der Waals surface area (Å²) in [7, 11) is 1.88. The Labute approximate surface area is 112 Å². The van der Waals surface area contributed by atoms with Gasteiger partial charge in [-0.25, -0.2) is 0 Å². The number of benzene rings is 1. The number of halogens is 1. The van der Waals surface area contributed by atoms with Crippen molar-refractivity contribution in [2.75, 3.05) is 24.3 Å². The molecule has 1 atom stereocenters. The van der Waals surface area contributed by atoms with Crippen LogP contribution in [0.1, 0.15) is 16.8 Å². The van der Waals surface area contributed by atoms with E-state index in [0.717, 1.165) is 17.9 Å². The molecule has 94 valence electrons. The lowest BCUT2D eigenvalue weighted by Crippen LogP contribution is -2.36. The van der Waals surface area contributed by atoms with E-state index in [4.69, 9.17) is 5.73 Å². The monoisotopic (exact) mass is 272 g/mol. The zero-order valence-corrected chi connectivity index (χ0v) is 11.4. The molecule has 3 nitrogen and oxygen atoms in total. The number of carbonyl (C=O) groups is 1. The Kier molecular flexibility index (Phi) is 5.15. The molecule has 5 heteroatoms. The Morgan fingerprint density at radius 2 is 2.29 bits per heavy atom. The van der Waals surface area contributed by atoms with Crippen LogP contribution in [0.2, 0.25) is 0 Å². The van der Waals surface area contributed by atoms with Crippen LogP contribution in [0.25, 0.3) is 0 Å². The quantitative estimate of drug-likeness (QED) is 0.840. The van der Waals surface area contributed by atoms with Crippen LogP contribution in [0.4, 0.5) is 5.69 Å². The van der Waals surface area contributed by atoms with Gasteiger partial charge in [-0.05, 0) is 30.4 Å². The molecule has 1 saturated heterocycles. The van der Waals surface area contributed by atoms with Crippen molar-refractivity contribution in [2.24, 2.45) is 0 Å². The van der Waals surface area contributed by atoms with Crippen molar-refractivity contribution in [3.05, 3.63) is 29.8 Å². The van der Waals surface area contributed by atoms with E-state index in [9.17, 15) is 4.79 Å². The fraction of sp³-hybridized carbons (Fsp3) is 0.417. The van der Waals surface area contributed by atoms with Crippen LogP contribution in [0.5, 0.6) is 0 Å². The molecule has 0 saturated carbocycles. The molecular weight excluding hydrogens is 256 g/mol. The Bertz CT molecular complexity index is 394. The largest absolute Gasteiger partial charge is 0.399 e. The second-order valence-electron chi connectivity index (χ2n) is 4.06. The summed E-state index contributed by atoms with van der Waals surface area (Å²) < 4.78 is 0. The van der Waals surface area contributed by atoms with Crippen molar-refractivity contribution < 1.29 is 4.79 Å². The average Bonchev–Trinajstić information content (AvgIpc) is 2.80. The lowest BCUT2D eigenvalue weighted by molar-refractivity contribution is 0.0748. The number of hydrogen-bond donors (Lipinski definition) is 1. The summed E-state index contributed by atoms with van der Waals surface area (Å²) in [6, 6.07) is 7.54. The topological polar surface area (TPSA) is 46.3 Å². The Balaban J connectivity index is 0.00000144. The fourth-order valence-corrected chi connectivity index (χ4v) is 3.14. The molecule has 1 fully saturated rings. The summed E-state index contributed by atoms with van der Waals surface area (Å²) >= 11 is 1.91. The molecule has 0 spiro atoms. The maximum absolute atomic E-state index is 12.1. The smallest absolute Gasteiger partial charge is 0.253 e. The van der Waals surface area contributed by atoms with Gasteiger partial charge in [0.05, 0.1) is 0 Å². The summed E-state index contributed by atoms with van der Waals surface area (Å²) in [6.45, 7) is 0. The highest BCUT2D eigenvalue weighted by molar-refractivity contribution is 7.99. The number of nitrogens with two attached hydrogens (primary N) is 1. The first-order valence-corrected chi connectivity index (χ1v) is 6.54. The van der Waals surface area contributed by atoms with Gasteiger partial charge < -0.3 is 10.6 Å². The first-order chi connectivity index (χ1) is 7.68. The number of hydrogen-bond acceptors (Lipinski definition) is 3. The van der Waals surface area contributed by atoms with Gasteiger partial charge in [-0.15, -0.1) is 12.4 Å². The van der Waals surface area contributed by atoms with E-state index in [0.29, 0.717) is 17.3 Å². The molecule has 1 aliphatic rings. The van der Waals surface area contributed by atoms with E-state index >= 15 is 0 Å². The molecule has 1 aromatic rings. The van der Waals surface area contributed by atoms with E-state index in [-0.39, 0.29) is 18.3 Å². The maximum atomic E-state index is 12.1. The van der Waals surface area contributed by atoms with Crippen molar-refractivity contribution in [3.8, 4) is 0 Å². The van der Waals surface area contributed by atoms with Gasteiger partial charge in [-0.2, -0.15) is 11.8 Å². The van der Waals surface area contributed by atoms with Gasteiger partial charge in [-0.3, -0.25) is 4.79 Å². The van der Waals surface area contributed by atoms with E-state index < -0.39 is 0 Å². The third kappa shape index (κ3) is 3.30. The number of anilines is 1. The zero-order chi connectivity index (χ0) is 11.5. The van der Waals surface area contributed by atoms with Crippen LogP contribution in [0.15, 0.2) is 24.3 Å². The van der Waals surface area contributed by atoms with Crippen LogP contribution in [0.3, 0.4) is 0 Å². The molecule has 2 N–H and O–H groups in total. The summed E-state index contributed by atoms with van der Waals surface area (Å²) in [4.78, 5) is 14.0. The number of nitrogen functional groups attached to an aromatic ring is 1. The third-order valence-electron chi connectivity index (χ3n) is 2.91. The number of amides is 1. The minimum Gasteiger partial charge on any atom is -0.399 e. The zero-order valence-electron chi connectivity index (χ0n) is 9.76. The van der Waals surface area contributed by atoms with Crippen LogP contribution < -0.4 is 5.73 Å². The molecule has 0 bridgehead atoms. The highest BCUT2D eigenvalue weighted by Gasteiger charge is 2.24. The van der Waals surface area contributed by atoms with Gasteiger partial charge in [0.1, 0.15) is 0 Å². The average molecular weight is 273 g/mol. The highest BCUT2D eigenvalue weighted by Crippen LogP contribution is 2.22. The Morgan fingerprint density at radius 1 is 1.53 bits per heavy atom. The van der Waals surface area contributed by atoms with Gasteiger partial charge in [-0.1, -0.05) is 6.07 Å². The molecule has 1 unspecified atom stereocenters. The summed E-state index contributed by atoms with van der Waals surface area (Å²) in [5.41, 5.74) is 6.99. The van der Waals surface area contributed by atoms with Gasteiger partial charge in [0.2, 0.25) is 0 Å². The second-order valence-corrected chi connectivity index (χ2v) is 5.21. The summed E-state index contributed by atoms with van der Waals surface area (Å²) in [5, 5.41) is 0. The van der Waals surface area contributed by atoms with E-state index in [1.54, 1.807) is 12.1 Å². The number of carbonyl (C=O) groups excluding carboxylic acids is 1. The molecule has 17 heavy (non-hydrogen) atoms. The van der Waals surface area contributed by atoms with Crippen LogP contribution in [-0.2, 0) is 0 Å². The fourth-order valence-electron chi connectivity index (χ4n) is 1.87. The van der Waals surface area contributed by atoms with Gasteiger partial charge in [0.25, 0.3) is 5.91 Å². The molecular formula is C12H17ClN2OS. The van der Waals surface area contributed by atoms with Crippen LogP contribution in [0, 0.1) is 0 Å². The number of rotatable bonds is 2. The molecule has 1 heterocycles. The van der Waals surface area contributed by atoms with Crippen molar-refractivity contribution in [2.45, 2.75) is 12.5 Å². The molecule has 0 radical (unpaired) electrons. The molecule has 0 aromatic heterocycles. The Morgan fingerprint density at radius 3 is 2.88 bits per heavy atom. The summed E-state index contributed by atoms with van der Waals surface area (Å²) in [6.07, 6.45) is 1.09. The van der Waals surface area contributed by atoms with Crippen molar-refractivity contribution in [3.63, 3.8) is 0 Å². The molecule has 1 aromatic carbocycles. The number of nitrogens with zero attached hydrogens (tertiary/aromatic N) is 1. The number of thioether (sulfide) groups is 1. The van der Waals surface area contributed by atoms with Crippen molar-refractivity contribution in [1.29, 1.82) is 0 Å². The lowest BCUT2D eigenvalue weighted by atomic mass is 10.1. The molecule has 1 aliphatic heterocycles. The normalized spacial score (nSPS) is 18.5.